The van der Waals surface area contributed by atoms with Gasteiger partial charge in [0.15, 0.2) is 5.65 Å². The number of ether oxygens (including phenoxy) is 2. The molecule has 0 aliphatic heterocycles. The number of nitrogens with two attached hydrogens (primary N) is 1. The zero-order valence-corrected chi connectivity index (χ0v) is 19.6. The van der Waals surface area contributed by atoms with Gasteiger partial charge >= 0.3 is 5.97 Å². The molecule has 2 heterocycles. The van der Waals surface area contributed by atoms with Crippen LogP contribution in [0, 0.1) is 0 Å². The fourth-order valence-electron chi connectivity index (χ4n) is 3.88. The van der Waals surface area contributed by atoms with E-state index in [1.807, 2.05) is 92.7 Å². The predicted octanol–water partition coefficient (Wildman–Crippen LogP) is 5.69. The third-order valence-corrected chi connectivity index (χ3v) is 5.93. The zero-order chi connectivity index (χ0) is 24.4. The van der Waals surface area contributed by atoms with Gasteiger partial charge in [-0.2, -0.15) is 0 Å². The van der Waals surface area contributed by atoms with Crippen LogP contribution in [0.4, 0.5) is 5.82 Å². The van der Waals surface area contributed by atoms with Crippen molar-refractivity contribution >= 4 is 34.0 Å². The first-order chi connectivity index (χ1) is 17.0. The molecule has 0 radical (unpaired) electrons. The molecule has 5 rings (SSSR count). The van der Waals surface area contributed by atoms with Crippen molar-refractivity contribution in [2.75, 3.05) is 5.73 Å². The largest absolute Gasteiger partial charge is 0.489 e. The minimum Gasteiger partial charge on any atom is -0.489 e. The quantitative estimate of drug-likeness (QED) is 0.310. The number of fused-ring (bicyclic) bond motifs is 2. The van der Waals surface area contributed by atoms with E-state index in [2.05, 4.69) is 0 Å². The van der Waals surface area contributed by atoms with Gasteiger partial charge in [0, 0.05) is 5.69 Å². The molecule has 5 aromatic rings. The van der Waals surface area contributed by atoms with E-state index in [-0.39, 0.29) is 17.5 Å². The Kier molecular flexibility index (Phi) is 6.06. The summed E-state index contributed by atoms with van der Waals surface area (Å²) in [5, 5.41) is 0. The van der Waals surface area contributed by atoms with Crippen molar-refractivity contribution in [3.05, 3.63) is 90.0 Å². The highest BCUT2D eigenvalue weighted by molar-refractivity contribution is 6.09. The molecule has 2 N–H and O–H groups in total. The van der Waals surface area contributed by atoms with E-state index in [9.17, 15) is 4.79 Å². The smallest absolute Gasteiger partial charge is 0.344 e. The SMILES string of the molecule is CC[C@@H](C)OC(=O)c1c(N)n(-c2ccc(OCc3ccccc3)cc2)c2nc3ccccc3nc12. The number of carbonyl (C=O) groups is 1. The third kappa shape index (κ3) is 4.40. The Morgan fingerprint density at radius 2 is 1.60 bits per heavy atom. The van der Waals surface area contributed by atoms with Crippen molar-refractivity contribution in [2.45, 2.75) is 33.0 Å². The van der Waals surface area contributed by atoms with E-state index in [4.69, 9.17) is 25.2 Å². The van der Waals surface area contributed by atoms with Gasteiger partial charge in [-0.05, 0) is 55.3 Å². The van der Waals surface area contributed by atoms with Crippen LogP contribution in [0.15, 0.2) is 78.9 Å². The number of nitrogen functional groups attached to an aromatic ring is 1. The molecule has 1 atom stereocenters. The van der Waals surface area contributed by atoms with Crippen LogP contribution in [0.5, 0.6) is 5.75 Å². The Morgan fingerprint density at radius 3 is 2.29 bits per heavy atom. The molecule has 0 spiro atoms. The lowest BCUT2D eigenvalue weighted by Crippen LogP contribution is -2.15. The van der Waals surface area contributed by atoms with Crippen molar-refractivity contribution < 1.29 is 14.3 Å². The van der Waals surface area contributed by atoms with Crippen molar-refractivity contribution in [2.24, 2.45) is 0 Å². The fourth-order valence-corrected chi connectivity index (χ4v) is 3.88. The first-order valence-corrected chi connectivity index (χ1v) is 11.6. The molecule has 0 aliphatic carbocycles. The number of nitrogens with zero attached hydrogens (tertiary/aromatic N) is 3. The summed E-state index contributed by atoms with van der Waals surface area (Å²) >= 11 is 0. The first kappa shape index (κ1) is 22.4. The average Bonchev–Trinajstić information content (AvgIpc) is 3.17. The molecule has 7 nitrogen and oxygen atoms in total. The summed E-state index contributed by atoms with van der Waals surface area (Å²) in [6, 6.07) is 25.0. The standard InChI is InChI=1S/C28H26N4O3/c1-3-18(2)35-28(33)24-25-27(31-23-12-8-7-11-22(23)30-25)32(26(24)29)20-13-15-21(16-14-20)34-17-19-9-5-4-6-10-19/h4-16,18H,3,17,29H2,1-2H3/t18-/m1/s1. The summed E-state index contributed by atoms with van der Waals surface area (Å²) in [6.45, 7) is 4.28. The maximum absolute atomic E-state index is 13.1. The molecule has 0 bridgehead atoms. The minimum absolute atomic E-state index is 0.225. The van der Waals surface area contributed by atoms with Crippen molar-refractivity contribution in [3.8, 4) is 11.4 Å². The van der Waals surface area contributed by atoms with E-state index in [1.165, 1.54) is 0 Å². The van der Waals surface area contributed by atoms with E-state index >= 15 is 0 Å². The number of anilines is 1. The van der Waals surface area contributed by atoms with Gasteiger partial charge in [-0.15, -0.1) is 0 Å². The van der Waals surface area contributed by atoms with Crippen LogP contribution in [0.3, 0.4) is 0 Å². The van der Waals surface area contributed by atoms with Crippen molar-refractivity contribution in [1.29, 1.82) is 0 Å². The van der Waals surface area contributed by atoms with Gasteiger partial charge in [-0.25, -0.2) is 14.8 Å². The molecule has 3 aromatic carbocycles. The van der Waals surface area contributed by atoms with Crippen LogP contribution in [-0.4, -0.2) is 26.6 Å². The van der Waals surface area contributed by atoms with Crippen LogP contribution in [0.2, 0.25) is 0 Å². The van der Waals surface area contributed by atoms with Gasteiger partial charge in [0.05, 0.1) is 17.1 Å². The molecule has 176 valence electrons. The highest BCUT2D eigenvalue weighted by atomic mass is 16.5. The molecule has 7 heteroatoms. The van der Waals surface area contributed by atoms with Gasteiger partial charge < -0.3 is 15.2 Å². The second kappa shape index (κ2) is 9.46. The monoisotopic (exact) mass is 466 g/mol. The molecule has 0 saturated carbocycles. The molecule has 35 heavy (non-hydrogen) atoms. The molecular formula is C28H26N4O3. The van der Waals surface area contributed by atoms with Crippen LogP contribution < -0.4 is 10.5 Å². The van der Waals surface area contributed by atoms with Gasteiger partial charge in [0.2, 0.25) is 0 Å². The summed E-state index contributed by atoms with van der Waals surface area (Å²) in [7, 11) is 0. The molecule has 0 fully saturated rings. The van der Waals surface area contributed by atoms with Crippen molar-refractivity contribution in [1.82, 2.24) is 14.5 Å². The lowest BCUT2D eigenvalue weighted by molar-refractivity contribution is 0.0338. The Bertz CT molecular complexity index is 1490. The summed E-state index contributed by atoms with van der Waals surface area (Å²) in [5.74, 6) is 0.454. The lowest BCUT2D eigenvalue weighted by atomic mass is 10.2. The Labute approximate surface area is 203 Å². The number of esters is 1. The normalized spacial score (nSPS) is 12.1. The predicted molar refractivity (Wildman–Crippen MR) is 137 cm³/mol. The number of aromatic nitrogens is 3. The first-order valence-electron chi connectivity index (χ1n) is 11.6. The molecule has 2 aromatic heterocycles. The fraction of sp³-hybridized carbons (Fsp3) is 0.179. The van der Waals surface area contributed by atoms with E-state index in [0.717, 1.165) is 17.0 Å². The maximum Gasteiger partial charge on any atom is 0.344 e. The Hall–Kier alpha value is -4.39. The second-order valence-electron chi connectivity index (χ2n) is 8.37. The number of para-hydroxylation sites is 2. The number of carbonyl (C=O) groups excluding carboxylic acids is 1. The van der Waals surface area contributed by atoms with E-state index in [0.29, 0.717) is 35.2 Å². The maximum atomic E-state index is 13.1. The van der Waals surface area contributed by atoms with E-state index < -0.39 is 5.97 Å². The Morgan fingerprint density at radius 1 is 0.943 bits per heavy atom. The summed E-state index contributed by atoms with van der Waals surface area (Å²) in [4.78, 5) is 22.6. The van der Waals surface area contributed by atoms with Crippen LogP contribution in [0.1, 0.15) is 36.2 Å². The third-order valence-electron chi connectivity index (χ3n) is 5.93. The summed E-state index contributed by atoms with van der Waals surface area (Å²) < 4.78 is 13.3. The average molecular weight is 467 g/mol. The number of benzene rings is 3. The van der Waals surface area contributed by atoms with Crippen molar-refractivity contribution in [3.63, 3.8) is 0 Å². The number of hydrogen-bond acceptors (Lipinski definition) is 6. The highest BCUT2D eigenvalue weighted by Crippen LogP contribution is 2.32. The van der Waals surface area contributed by atoms with Crippen LogP contribution in [-0.2, 0) is 11.3 Å². The van der Waals surface area contributed by atoms with Gasteiger partial charge in [-0.1, -0.05) is 49.4 Å². The van der Waals surface area contributed by atoms with E-state index in [1.54, 1.807) is 4.57 Å². The van der Waals surface area contributed by atoms with Crippen LogP contribution >= 0.6 is 0 Å². The van der Waals surface area contributed by atoms with Gasteiger partial charge in [-0.3, -0.25) is 4.57 Å². The summed E-state index contributed by atoms with van der Waals surface area (Å²) in [6.07, 6.45) is 0.457. The number of rotatable bonds is 7. The summed E-state index contributed by atoms with van der Waals surface area (Å²) in [5.41, 5.74) is 10.9. The zero-order valence-electron chi connectivity index (χ0n) is 19.6. The number of hydrogen-bond donors (Lipinski definition) is 1. The van der Waals surface area contributed by atoms with Gasteiger partial charge in [0.25, 0.3) is 0 Å². The molecular weight excluding hydrogens is 440 g/mol. The molecule has 0 aliphatic rings. The lowest BCUT2D eigenvalue weighted by Gasteiger charge is -2.11. The highest BCUT2D eigenvalue weighted by Gasteiger charge is 2.26. The topological polar surface area (TPSA) is 92.3 Å². The second-order valence-corrected chi connectivity index (χ2v) is 8.37. The molecule has 0 amide bonds. The van der Waals surface area contributed by atoms with Crippen LogP contribution in [0.25, 0.3) is 27.9 Å². The van der Waals surface area contributed by atoms with Gasteiger partial charge in [0.1, 0.15) is 29.3 Å². The minimum atomic E-state index is -0.506. The molecule has 0 unspecified atom stereocenters. The Balaban J connectivity index is 1.56. The molecule has 0 saturated heterocycles.